The summed E-state index contributed by atoms with van der Waals surface area (Å²) in [5, 5.41) is 10.4. The molecule has 10 nitrogen and oxygen atoms in total. The van der Waals surface area contributed by atoms with E-state index in [0.29, 0.717) is 77.6 Å². The molecule has 43 heavy (non-hydrogen) atoms. The van der Waals surface area contributed by atoms with Gasteiger partial charge in [-0.2, -0.15) is 16.7 Å². The normalized spacial score (nSPS) is 17.7. The first-order valence-corrected chi connectivity index (χ1v) is 19.2. The number of fused-ring (bicyclic) bond motifs is 1. The fourth-order valence-corrected chi connectivity index (χ4v) is 8.19. The molecule has 0 saturated carbocycles. The summed E-state index contributed by atoms with van der Waals surface area (Å²) in [4.78, 5) is 31.0. The van der Waals surface area contributed by atoms with Crippen LogP contribution in [0.2, 0.25) is 18.1 Å². The lowest BCUT2D eigenvalue weighted by Gasteiger charge is -2.43. The Labute approximate surface area is 261 Å². The van der Waals surface area contributed by atoms with Crippen LogP contribution in [0.4, 0.5) is 0 Å². The third kappa shape index (κ3) is 8.75. The maximum absolute atomic E-state index is 13.6. The SMILES string of the molecule is COc1cc(O[Si](C)(C)C(C)(C)C(C)C)c2c(c1C)C(=O)OCCCCC(=O)N[C@H](c1nc(CNC(C)C)no1)CSC2. The third-order valence-electron chi connectivity index (χ3n) is 8.74. The zero-order valence-electron chi connectivity index (χ0n) is 27.5. The van der Waals surface area contributed by atoms with Crippen molar-refractivity contribution in [3.8, 4) is 11.5 Å². The molecule has 0 spiro atoms. The van der Waals surface area contributed by atoms with Crippen LogP contribution in [0.5, 0.6) is 11.5 Å². The van der Waals surface area contributed by atoms with Crippen LogP contribution in [-0.2, 0) is 21.8 Å². The Balaban J connectivity index is 2.03. The fourth-order valence-electron chi connectivity index (χ4n) is 4.73. The van der Waals surface area contributed by atoms with Crippen LogP contribution >= 0.6 is 11.8 Å². The van der Waals surface area contributed by atoms with Crippen molar-refractivity contribution in [3.05, 3.63) is 34.5 Å². The highest BCUT2D eigenvalue weighted by molar-refractivity contribution is 7.98. The number of rotatable bonds is 9. The Bertz CT molecular complexity index is 1260. The number of nitrogens with zero attached hydrogens (tertiary/aromatic N) is 2. The predicted octanol–water partition coefficient (Wildman–Crippen LogP) is 6.34. The van der Waals surface area contributed by atoms with Gasteiger partial charge in [0.25, 0.3) is 8.32 Å². The Morgan fingerprint density at radius 2 is 1.91 bits per heavy atom. The molecule has 0 aliphatic carbocycles. The second-order valence-corrected chi connectivity index (χ2v) is 18.4. The van der Waals surface area contributed by atoms with Gasteiger partial charge in [0.15, 0.2) is 5.82 Å². The van der Waals surface area contributed by atoms with Crippen molar-refractivity contribution in [3.63, 3.8) is 0 Å². The van der Waals surface area contributed by atoms with Crippen molar-refractivity contribution in [2.24, 2.45) is 5.92 Å². The largest absolute Gasteiger partial charge is 0.543 e. The molecule has 1 atom stereocenters. The molecule has 0 radical (unpaired) electrons. The highest BCUT2D eigenvalue weighted by Crippen LogP contribution is 2.47. The predicted molar refractivity (Wildman–Crippen MR) is 172 cm³/mol. The van der Waals surface area contributed by atoms with E-state index in [1.807, 2.05) is 26.8 Å². The van der Waals surface area contributed by atoms with Crippen molar-refractivity contribution in [2.75, 3.05) is 19.5 Å². The summed E-state index contributed by atoms with van der Waals surface area (Å²) in [7, 11) is -0.753. The van der Waals surface area contributed by atoms with E-state index >= 15 is 0 Å². The van der Waals surface area contributed by atoms with Gasteiger partial charge in [0, 0.05) is 41.2 Å². The second kappa shape index (κ2) is 14.9. The van der Waals surface area contributed by atoms with Crippen LogP contribution in [0.1, 0.15) is 100 Å². The number of carbonyl (C=O) groups is 2. The Kier molecular flexibility index (Phi) is 12.1. The number of cyclic esters (lactones) is 1. The molecule has 1 aliphatic heterocycles. The molecule has 0 bridgehead atoms. The van der Waals surface area contributed by atoms with Crippen LogP contribution in [-0.4, -0.2) is 55.8 Å². The smallest absolute Gasteiger partial charge is 0.338 e. The Morgan fingerprint density at radius 3 is 2.56 bits per heavy atom. The van der Waals surface area contributed by atoms with Gasteiger partial charge in [-0.25, -0.2) is 4.79 Å². The summed E-state index contributed by atoms with van der Waals surface area (Å²) < 4.78 is 24.0. The van der Waals surface area contributed by atoms with E-state index in [1.165, 1.54) is 0 Å². The van der Waals surface area contributed by atoms with E-state index in [-0.39, 0.29) is 23.6 Å². The second-order valence-electron chi connectivity index (χ2n) is 12.9. The number of thioether (sulfide) groups is 1. The summed E-state index contributed by atoms with van der Waals surface area (Å²) >= 11 is 1.56. The molecular weight excluding hydrogens is 585 g/mol. The van der Waals surface area contributed by atoms with Crippen molar-refractivity contribution in [1.29, 1.82) is 0 Å². The molecule has 12 heteroatoms. The number of nitrogens with one attached hydrogen (secondary N) is 2. The number of benzene rings is 1. The number of methoxy groups -OCH3 is 1. The van der Waals surface area contributed by atoms with E-state index in [0.717, 1.165) is 5.56 Å². The van der Waals surface area contributed by atoms with Crippen LogP contribution in [0.15, 0.2) is 10.6 Å². The molecule has 2 N–H and O–H groups in total. The fraction of sp³-hybridized carbons (Fsp3) is 0.677. The number of esters is 1. The van der Waals surface area contributed by atoms with Gasteiger partial charge in [0.2, 0.25) is 11.8 Å². The van der Waals surface area contributed by atoms with E-state index in [2.05, 4.69) is 61.6 Å². The topological polar surface area (TPSA) is 125 Å². The van der Waals surface area contributed by atoms with Gasteiger partial charge in [-0.3, -0.25) is 4.79 Å². The average molecular weight is 635 g/mol. The van der Waals surface area contributed by atoms with Gasteiger partial charge in [0.1, 0.15) is 17.5 Å². The quantitative estimate of drug-likeness (QED) is 0.239. The molecule has 2 heterocycles. The molecule has 2 aromatic rings. The van der Waals surface area contributed by atoms with Gasteiger partial charge in [0.05, 0.1) is 25.8 Å². The lowest BCUT2D eigenvalue weighted by Crippen LogP contribution is -2.48. The number of hydrogen-bond donors (Lipinski definition) is 2. The minimum atomic E-state index is -2.36. The van der Waals surface area contributed by atoms with E-state index in [1.54, 1.807) is 18.9 Å². The lowest BCUT2D eigenvalue weighted by atomic mass is 9.99. The molecule has 240 valence electrons. The van der Waals surface area contributed by atoms with Gasteiger partial charge < -0.3 is 29.1 Å². The van der Waals surface area contributed by atoms with Crippen LogP contribution in [0, 0.1) is 12.8 Å². The highest BCUT2D eigenvalue weighted by Gasteiger charge is 2.45. The first kappa shape index (κ1) is 34.9. The summed E-state index contributed by atoms with van der Waals surface area (Å²) in [5.74, 6) is 2.91. The summed E-state index contributed by atoms with van der Waals surface area (Å²) in [6.45, 7) is 20.0. The van der Waals surface area contributed by atoms with Crippen LogP contribution in [0.25, 0.3) is 0 Å². The van der Waals surface area contributed by atoms with Gasteiger partial charge >= 0.3 is 5.97 Å². The molecule has 0 unspecified atom stereocenters. The standard InChI is InChI=1S/C31H50N4O6SSi/c1-19(2)31(6,7)43(9,10)41-25-15-24(38-8)21(5)28-22(25)17-42-18-23(29-34-26(35-40-29)16-32-20(3)4)33-27(36)13-11-12-14-39-30(28)37/h15,19-20,23,32H,11-14,16-18H2,1-10H3,(H,33,36)/t23-/m0/s1. The summed E-state index contributed by atoms with van der Waals surface area (Å²) in [6, 6.07) is 1.70. The number of hydrogen-bond acceptors (Lipinski definition) is 10. The zero-order valence-corrected chi connectivity index (χ0v) is 29.3. The average Bonchev–Trinajstić information content (AvgIpc) is 3.40. The minimum absolute atomic E-state index is 0.0529. The maximum Gasteiger partial charge on any atom is 0.338 e. The van der Waals surface area contributed by atoms with E-state index < -0.39 is 20.3 Å². The molecule has 1 aliphatic rings. The molecule has 3 rings (SSSR count). The first-order valence-electron chi connectivity index (χ1n) is 15.2. The van der Waals surface area contributed by atoms with Crippen molar-refractivity contribution in [2.45, 2.75) is 110 Å². The molecule has 1 aromatic carbocycles. The van der Waals surface area contributed by atoms with Crippen molar-refractivity contribution < 1.29 is 28.0 Å². The van der Waals surface area contributed by atoms with Crippen molar-refractivity contribution >= 4 is 32.0 Å². The van der Waals surface area contributed by atoms with Crippen LogP contribution < -0.4 is 19.8 Å². The molecular formula is C31H50N4O6SSi. The number of amides is 1. The van der Waals surface area contributed by atoms with E-state index in [9.17, 15) is 9.59 Å². The molecule has 1 aromatic heterocycles. The van der Waals surface area contributed by atoms with Crippen LogP contribution in [0.3, 0.4) is 0 Å². The summed E-state index contributed by atoms with van der Waals surface area (Å²) in [6.07, 6.45) is 1.45. The summed E-state index contributed by atoms with van der Waals surface area (Å²) in [5.41, 5.74) is 1.96. The number of ether oxygens (including phenoxy) is 2. The molecule has 1 amide bonds. The monoisotopic (exact) mass is 634 g/mol. The number of carbonyl (C=O) groups excluding carboxylic acids is 2. The molecule has 0 saturated heterocycles. The Hall–Kier alpha value is -2.57. The van der Waals surface area contributed by atoms with E-state index in [4.69, 9.17) is 18.4 Å². The third-order valence-corrected chi connectivity index (χ3v) is 14.2. The molecule has 0 fully saturated rings. The first-order chi connectivity index (χ1) is 20.2. The van der Waals surface area contributed by atoms with Crippen molar-refractivity contribution in [1.82, 2.24) is 20.8 Å². The zero-order chi connectivity index (χ0) is 31.9. The minimum Gasteiger partial charge on any atom is -0.543 e. The highest BCUT2D eigenvalue weighted by atomic mass is 32.2. The Morgan fingerprint density at radius 1 is 1.19 bits per heavy atom. The maximum atomic E-state index is 13.6. The number of aromatic nitrogens is 2. The van der Waals surface area contributed by atoms with Gasteiger partial charge in [-0.15, -0.1) is 0 Å². The lowest BCUT2D eigenvalue weighted by molar-refractivity contribution is -0.122. The van der Waals surface area contributed by atoms with Gasteiger partial charge in [-0.1, -0.05) is 46.7 Å². The van der Waals surface area contributed by atoms with Gasteiger partial charge in [-0.05, 0) is 43.8 Å².